The summed E-state index contributed by atoms with van der Waals surface area (Å²) in [6.07, 6.45) is -3.80. The average Bonchev–Trinajstić information content (AvgIpc) is 3.58. The molecule has 4 atom stereocenters. The molecule has 2 aromatic carbocycles. The minimum atomic E-state index is -1.02. The maximum atomic E-state index is 13.1. The molecule has 58 heavy (non-hydrogen) atoms. The van der Waals surface area contributed by atoms with Crippen LogP contribution < -0.4 is 9.47 Å². The third-order valence-electron chi connectivity index (χ3n) is 8.48. The molecule has 0 amide bonds. The Morgan fingerprint density at radius 2 is 1.59 bits per heavy atom. The molecule has 3 aromatic rings. The van der Waals surface area contributed by atoms with Crippen LogP contribution in [0.2, 0.25) is 0 Å². The van der Waals surface area contributed by atoms with Crippen LogP contribution in [0.4, 0.5) is 0 Å². The zero-order valence-electron chi connectivity index (χ0n) is 32.9. The predicted octanol–water partition coefficient (Wildman–Crippen LogP) is 5.42. The number of halogens is 1. The maximum Gasteiger partial charge on any atom is 0.354 e. The van der Waals surface area contributed by atoms with Crippen LogP contribution >= 0.6 is 11.6 Å². The van der Waals surface area contributed by atoms with Crippen LogP contribution in [0, 0.1) is 0 Å². The maximum absolute atomic E-state index is 13.1. The molecule has 18 nitrogen and oxygen atoms in total. The number of hydrogen-bond donors (Lipinski definition) is 0. The van der Waals surface area contributed by atoms with E-state index in [4.69, 9.17) is 64.5 Å². The zero-order chi connectivity index (χ0) is 41.9. The van der Waals surface area contributed by atoms with E-state index < -0.39 is 48.5 Å². The average molecular weight is 833 g/mol. The molecule has 1 aromatic heterocycles. The first kappa shape index (κ1) is 45.6. The van der Waals surface area contributed by atoms with E-state index in [9.17, 15) is 19.2 Å². The number of aromatic nitrogens is 1. The van der Waals surface area contributed by atoms with Crippen molar-refractivity contribution in [3.63, 3.8) is 0 Å². The SMILES string of the molecule is CCOC(=O)c1cc2c(CCl)ccc(OCc3ccc(O[C@H]4C[C@@H](OC(C)=O)[C@@H](OC(C)=O)[C@@H](COC(C)=O)O4)cc3)c2n1CCOCCOCCOCCN=[N+]=[N-]. The van der Waals surface area contributed by atoms with Crippen LogP contribution in [0.5, 0.6) is 11.5 Å². The first-order valence-corrected chi connectivity index (χ1v) is 19.2. The van der Waals surface area contributed by atoms with Crippen molar-refractivity contribution in [3.05, 3.63) is 69.7 Å². The van der Waals surface area contributed by atoms with E-state index in [2.05, 4.69) is 10.0 Å². The number of fused-ring (bicyclic) bond motifs is 1. The monoisotopic (exact) mass is 832 g/mol. The number of esters is 4. The molecule has 0 radical (unpaired) electrons. The molecule has 1 aliphatic rings. The van der Waals surface area contributed by atoms with Gasteiger partial charge in [0, 0.05) is 50.0 Å². The second-order valence-corrected chi connectivity index (χ2v) is 13.0. The fourth-order valence-electron chi connectivity index (χ4n) is 6.04. The topological polar surface area (TPSA) is 214 Å². The Hall–Kier alpha value is -5.10. The van der Waals surface area contributed by atoms with Gasteiger partial charge in [0.05, 0.1) is 58.2 Å². The van der Waals surface area contributed by atoms with Gasteiger partial charge in [0.25, 0.3) is 0 Å². The summed E-state index contributed by atoms with van der Waals surface area (Å²) in [5.41, 5.74) is 10.9. The van der Waals surface area contributed by atoms with Gasteiger partial charge in [-0.05, 0) is 47.8 Å². The van der Waals surface area contributed by atoms with E-state index in [0.29, 0.717) is 62.3 Å². The summed E-state index contributed by atoms with van der Waals surface area (Å²) in [4.78, 5) is 51.1. The van der Waals surface area contributed by atoms with E-state index in [1.807, 2.05) is 16.7 Å². The minimum Gasteiger partial charge on any atom is -0.487 e. The molecule has 0 bridgehead atoms. The Bertz CT molecular complexity index is 1870. The molecule has 4 rings (SSSR count). The molecule has 0 N–H and O–H groups in total. The summed E-state index contributed by atoms with van der Waals surface area (Å²) in [7, 11) is 0. The number of benzene rings is 2. The van der Waals surface area contributed by atoms with Crippen molar-refractivity contribution >= 4 is 46.4 Å². The van der Waals surface area contributed by atoms with Crippen molar-refractivity contribution in [1.29, 1.82) is 0 Å². The van der Waals surface area contributed by atoms with Crippen LogP contribution in [0.15, 0.2) is 47.6 Å². The number of azide groups is 1. The van der Waals surface area contributed by atoms with Gasteiger partial charge in [-0.3, -0.25) is 14.4 Å². The number of rotatable bonds is 24. The Kier molecular flexibility index (Phi) is 18.8. The van der Waals surface area contributed by atoms with E-state index in [1.54, 1.807) is 37.3 Å². The third-order valence-corrected chi connectivity index (χ3v) is 8.77. The highest BCUT2D eigenvalue weighted by Gasteiger charge is 2.44. The summed E-state index contributed by atoms with van der Waals surface area (Å²) < 4.78 is 58.3. The quantitative estimate of drug-likeness (QED) is 0.0210. The van der Waals surface area contributed by atoms with Gasteiger partial charge in [0.1, 0.15) is 42.6 Å². The highest BCUT2D eigenvalue weighted by molar-refractivity contribution is 6.18. The lowest BCUT2D eigenvalue weighted by atomic mass is 10.0. The summed E-state index contributed by atoms with van der Waals surface area (Å²) in [5, 5.41) is 4.14. The lowest BCUT2D eigenvalue weighted by Gasteiger charge is -2.39. The van der Waals surface area contributed by atoms with Crippen LogP contribution in [0.25, 0.3) is 21.3 Å². The van der Waals surface area contributed by atoms with Gasteiger partial charge in [0.15, 0.2) is 6.10 Å². The molecule has 0 spiro atoms. The smallest absolute Gasteiger partial charge is 0.354 e. The van der Waals surface area contributed by atoms with Crippen LogP contribution in [-0.4, -0.2) is 112 Å². The van der Waals surface area contributed by atoms with Gasteiger partial charge in [-0.15, -0.1) is 11.6 Å². The van der Waals surface area contributed by atoms with Crippen LogP contribution in [0.3, 0.4) is 0 Å². The standard InChI is InChI=1S/C39H49ClN4O14/c1-5-52-39(48)32-20-31-29(22-40)8-11-33(37(31)44(32)13-15-50-17-19-51-18-16-49-14-12-42-43-41)54-23-28-6-9-30(10-7-28)57-36-21-34(55-26(3)46)38(56-27(4)47)35(58-36)24-53-25(2)45/h6-11,20,34-36,38H,5,12-19,21-24H2,1-4H3/t34-,35-,36-,38-/m1/s1. The molecule has 19 heteroatoms. The van der Waals surface area contributed by atoms with Gasteiger partial charge in [0.2, 0.25) is 6.29 Å². The second-order valence-electron chi connectivity index (χ2n) is 12.7. The van der Waals surface area contributed by atoms with Gasteiger partial charge >= 0.3 is 23.9 Å². The summed E-state index contributed by atoms with van der Waals surface area (Å²) in [6.45, 7) is 8.02. The molecular weight excluding hydrogens is 784 g/mol. The highest BCUT2D eigenvalue weighted by Crippen LogP contribution is 2.34. The first-order chi connectivity index (χ1) is 28.0. The van der Waals surface area contributed by atoms with E-state index in [0.717, 1.165) is 16.5 Å². The van der Waals surface area contributed by atoms with Crippen molar-refractivity contribution in [1.82, 2.24) is 4.57 Å². The lowest BCUT2D eigenvalue weighted by molar-refractivity contribution is -0.245. The number of alkyl halides is 1. The normalized spacial score (nSPS) is 17.5. The predicted molar refractivity (Wildman–Crippen MR) is 206 cm³/mol. The molecule has 0 aliphatic carbocycles. The minimum absolute atomic E-state index is 0.0389. The summed E-state index contributed by atoms with van der Waals surface area (Å²) in [5.74, 6) is -1.13. The van der Waals surface area contributed by atoms with Crippen molar-refractivity contribution in [2.75, 3.05) is 59.4 Å². The van der Waals surface area contributed by atoms with Gasteiger partial charge in [-0.2, -0.15) is 0 Å². The largest absolute Gasteiger partial charge is 0.487 e. The Labute approximate surface area is 340 Å². The highest BCUT2D eigenvalue weighted by atomic mass is 35.5. The zero-order valence-corrected chi connectivity index (χ0v) is 33.7. The van der Waals surface area contributed by atoms with Crippen molar-refractivity contribution in [2.24, 2.45) is 5.11 Å². The van der Waals surface area contributed by atoms with Gasteiger partial charge < -0.3 is 51.9 Å². The third kappa shape index (κ3) is 14.1. The van der Waals surface area contributed by atoms with Crippen LogP contribution in [0.1, 0.15) is 55.7 Å². The first-order valence-electron chi connectivity index (χ1n) is 18.7. The molecule has 1 saturated heterocycles. The van der Waals surface area contributed by atoms with E-state index in [1.165, 1.54) is 20.8 Å². The van der Waals surface area contributed by atoms with Gasteiger partial charge in [-0.25, -0.2) is 4.79 Å². The van der Waals surface area contributed by atoms with Gasteiger partial charge in [-0.1, -0.05) is 23.3 Å². The fourth-order valence-corrected chi connectivity index (χ4v) is 6.27. The van der Waals surface area contributed by atoms with Crippen molar-refractivity contribution in [2.45, 2.75) is 77.7 Å². The van der Waals surface area contributed by atoms with Crippen molar-refractivity contribution < 1.29 is 66.5 Å². The Balaban J connectivity index is 1.43. The van der Waals surface area contributed by atoms with Crippen molar-refractivity contribution in [3.8, 4) is 11.5 Å². The van der Waals surface area contributed by atoms with E-state index >= 15 is 0 Å². The van der Waals surface area contributed by atoms with E-state index in [-0.39, 0.29) is 45.3 Å². The Morgan fingerprint density at radius 3 is 2.22 bits per heavy atom. The number of carbonyl (C=O) groups excluding carboxylic acids is 4. The molecule has 1 fully saturated rings. The molecule has 2 heterocycles. The molecule has 0 unspecified atom stereocenters. The Morgan fingerprint density at radius 1 is 0.897 bits per heavy atom. The molecule has 1 aliphatic heterocycles. The number of ether oxygens (including phenoxy) is 10. The summed E-state index contributed by atoms with van der Waals surface area (Å²) in [6, 6.07) is 12.5. The number of nitrogens with zero attached hydrogens (tertiary/aromatic N) is 4. The fraction of sp³-hybridized carbons (Fsp3) is 0.538. The van der Waals surface area contributed by atoms with Crippen LogP contribution in [-0.2, 0) is 71.3 Å². The molecule has 0 saturated carbocycles. The lowest BCUT2D eigenvalue weighted by Crippen LogP contribution is -2.54. The second kappa shape index (κ2) is 24.0. The number of carbonyl (C=O) groups is 4. The molecular formula is C39H49ClN4O14. The number of hydrogen-bond acceptors (Lipinski definition) is 15. The summed E-state index contributed by atoms with van der Waals surface area (Å²) >= 11 is 6.33. The molecule has 316 valence electrons.